The molecule has 1 aromatic carbocycles. The van der Waals surface area contributed by atoms with Gasteiger partial charge in [0.05, 0.1) is 12.8 Å². The fourth-order valence-electron chi connectivity index (χ4n) is 2.36. The van der Waals surface area contributed by atoms with Crippen LogP contribution in [0, 0.1) is 5.82 Å². The third kappa shape index (κ3) is 3.25. The first-order valence-corrected chi connectivity index (χ1v) is 7.91. The Bertz CT molecular complexity index is 1030. The minimum absolute atomic E-state index is 0.185. The highest BCUT2D eigenvalue weighted by Gasteiger charge is 2.15. The summed E-state index contributed by atoms with van der Waals surface area (Å²) in [5.41, 5.74) is 0.318. The van der Waals surface area contributed by atoms with Crippen molar-refractivity contribution < 1.29 is 13.9 Å². The van der Waals surface area contributed by atoms with Gasteiger partial charge in [0.25, 0.3) is 5.56 Å². The number of aryl methyl sites for hydroxylation is 1. The van der Waals surface area contributed by atoms with Crippen molar-refractivity contribution in [3.8, 4) is 5.75 Å². The molecule has 1 N–H and O–H groups in total. The highest BCUT2D eigenvalue weighted by Crippen LogP contribution is 2.24. The van der Waals surface area contributed by atoms with Crippen LogP contribution in [0.4, 0.5) is 10.1 Å². The predicted molar refractivity (Wildman–Crippen MR) is 92.1 cm³/mol. The number of halogens is 2. The van der Waals surface area contributed by atoms with Crippen LogP contribution in [0.25, 0.3) is 11.0 Å². The molecular formula is C15H13BrFN5O3. The number of rotatable bonds is 4. The van der Waals surface area contributed by atoms with Crippen LogP contribution in [0.3, 0.4) is 0 Å². The van der Waals surface area contributed by atoms with Gasteiger partial charge in [-0.25, -0.2) is 14.1 Å². The summed E-state index contributed by atoms with van der Waals surface area (Å²) in [6.45, 7) is -0.260. The Morgan fingerprint density at radius 1 is 1.44 bits per heavy atom. The molecule has 3 rings (SSSR count). The van der Waals surface area contributed by atoms with Crippen LogP contribution in [0.1, 0.15) is 0 Å². The lowest BCUT2D eigenvalue weighted by Gasteiger charge is -2.11. The zero-order chi connectivity index (χ0) is 18.1. The van der Waals surface area contributed by atoms with E-state index in [2.05, 4.69) is 31.3 Å². The Morgan fingerprint density at radius 2 is 2.20 bits per heavy atom. The molecule has 10 heteroatoms. The molecule has 2 aromatic heterocycles. The summed E-state index contributed by atoms with van der Waals surface area (Å²) >= 11 is 3.21. The van der Waals surface area contributed by atoms with Crippen molar-refractivity contribution >= 4 is 38.6 Å². The van der Waals surface area contributed by atoms with Gasteiger partial charge in [-0.05, 0) is 28.1 Å². The molecule has 130 valence electrons. The number of hydrogen-bond donors (Lipinski definition) is 1. The number of amides is 1. The maximum absolute atomic E-state index is 13.2. The summed E-state index contributed by atoms with van der Waals surface area (Å²) in [4.78, 5) is 28.9. The lowest BCUT2D eigenvalue weighted by molar-refractivity contribution is -0.116. The maximum Gasteiger partial charge on any atom is 0.266 e. The zero-order valence-corrected chi connectivity index (χ0v) is 14.9. The number of carbonyl (C=O) groups is 1. The number of nitrogens with zero attached hydrogens (tertiary/aromatic N) is 4. The van der Waals surface area contributed by atoms with Crippen molar-refractivity contribution in [2.24, 2.45) is 7.05 Å². The third-order valence-corrected chi connectivity index (χ3v) is 4.08. The summed E-state index contributed by atoms with van der Waals surface area (Å²) in [7, 11) is 3.03. The molecule has 0 bridgehead atoms. The van der Waals surface area contributed by atoms with Crippen LogP contribution in [-0.2, 0) is 18.4 Å². The second-order valence-corrected chi connectivity index (χ2v) is 5.93. The summed E-state index contributed by atoms with van der Waals surface area (Å²) in [5, 5.41) is 6.95. The van der Waals surface area contributed by atoms with Crippen LogP contribution in [0.15, 0.2) is 33.9 Å². The average Bonchev–Trinajstić information content (AvgIpc) is 2.86. The van der Waals surface area contributed by atoms with Crippen molar-refractivity contribution in [2.45, 2.75) is 6.54 Å². The smallest absolute Gasteiger partial charge is 0.266 e. The summed E-state index contributed by atoms with van der Waals surface area (Å²) in [6.07, 6.45) is 1.28. The normalized spacial score (nSPS) is 10.9. The number of hydrogen-bond acceptors (Lipinski definition) is 5. The summed E-state index contributed by atoms with van der Waals surface area (Å²) in [5.74, 6) is -0.778. The SMILES string of the molecule is COc1cc(F)ccc1NC(=O)Cn1cnc2c(c(Br)nn2C)c1=O. The topological polar surface area (TPSA) is 91.0 Å². The van der Waals surface area contributed by atoms with E-state index in [1.807, 2.05) is 0 Å². The van der Waals surface area contributed by atoms with Gasteiger partial charge in [0.15, 0.2) is 5.65 Å². The number of fused-ring (bicyclic) bond motifs is 1. The first-order valence-electron chi connectivity index (χ1n) is 7.11. The van der Waals surface area contributed by atoms with Gasteiger partial charge in [0, 0.05) is 13.1 Å². The monoisotopic (exact) mass is 409 g/mol. The van der Waals surface area contributed by atoms with Gasteiger partial charge < -0.3 is 10.1 Å². The van der Waals surface area contributed by atoms with E-state index in [0.29, 0.717) is 15.9 Å². The van der Waals surface area contributed by atoms with Gasteiger partial charge in [-0.3, -0.25) is 14.2 Å². The Hall–Kier alpha value is -2.75. The van der Waals surface area contributed by atoms with E-state index in [1.54, 1.807) is 7.05 Å². The molecule has 0 spiro atoms. The Kier molecular flexibility index (Phi) is 4.53. The number of aromatic nitrogens is 4. The van der Waals surface area contributed by atoms with Crippen molar-refractivity contribution in [3.63, 3.8) is 0 Å². The number of nitrogens with one attached hydrogen (secondary N) is 1. The molecule has 0 atom stereocenters. The lowest BCUT2D eigenvalue weighted by atomic mass is 10.3. The standard InChI is InChI=1S/C15H13BrFN5O3/c1-21-14-12(13(16)20-21)15(24)22(7-18-14)6-11(23)19-9-4-3-8(17)5-10(9)25-2/h3-5,7H,6H2,1-2H3,(H,19,23). The Labute approximate surface area is 149 Å². The first-order chi connectivity index (χ1) is 11.9. The van der Waals surface area contributed by atoms with Crippen LogP contribution in [0.5, 0.6) is 5.75 Å². The van der Waals surface area contributed by atoms with Gasteiger partial charge in [-0.1, -0.05) is 0 Å². The van der Waals surface area contributed by atoms with Crippen molar-refractivity contribution in [3.05, 3.63) is 45.3 Å². The van der Waals surface area contributed by atoms with E-state index in [-0.39, 0.29) is 17.7 Å². The maximum atomic E-state index is 13.2. The largest absolute Gasteiger partial charge is 0.494 e. The van der Waals surface area contributed by atoms with Crippen molar-refractivity contribution in [2.75, 3.05) is 12.4 Å². The van der Waals surface area contributed by atoms with Crippen molar-refractivity contribution in [1.29, 1.82) is 0 Å². The molecule has 2 heterocycles. The van der Waals surface area contributed by atoms with Gasteiger partial charge in [-0.2, -0.15) is 5.10 Å². The number of benzene rings is 1. The molecule has 0 aliphatic rings. The highest BCUT2D eigenvalue weighted by molar-refractivity contribution is 9.10. The minimum atomic E-state index is -0.484. The molecule has 8 nitrogen and oxygen atoms in total. The lowest BCUT2D eigenvalue weighted by Crippen LogP contribution is -2.28. The van der Waals surface area contributed by atoms with Gasteiger partial charge in [0.2, 0.25) is 5.91 Å². The fourth-order valence-corrected chi connectivity index (χ4v) is 2.95. The van der Waals surface area contributed by atoms with Crippen LogP contribution in [-0.4, -0.2) is 32.3 Å². The van der Waals surface area contributed by atoms with E-state index in [0.717, 1.165) is 6.07 Å². The Balaban J connectivity index is 1.87. The predicted octanol–water partition coefficient (Wildman–Crippen LogP) is 1.68. The number of methoxy groups -OCH3 is 1. The molecule has 0 aliphatic carbocycles. The van der Waals surface area contributed by atoms with Crippen molar-refractivity contribution in [1.82, 2.24) is 19.3 Å². The molecule has 25 heavy (non-hydrogen) atoms. The Morgan fingerprint density at radius 3 is 2.92 bits per heavy atom. The zero-order valence-electron chi connectivity index (χ0n) is 13.3. The second-order valence-electron chi connectivity index (χ2n) is 5.18. The van der Waals surface area contributed by atoms with E-state index in [1.165, 1.54) is 34.8 Å². The molecule has 0 fully saturated rings. The summed E-state index contributed by atoms with van der Waals surface area (Å²) in [6, 6.07) is 3.74. The molecule has 3 aromatic rings. The second kappa shape index (κ2) is 6.63. The molecule has 0 radical (unpaired) electrons. The molecule has 1 amide bonds. The quantitative estimate of drug-likeness (QED) is 0.707. The minimum Gasteiger partial charge on any atom is -0.494 e. The highest BCUT2D eigenvalue weighted by atomic mass is 79.9. The van der Waals surface area contributed by atoms with Gasteiger partial charge >= 0.3 is 0 Å². The number of anilines is 1. The van der Waals surface area contributed by atoms with E-state index < -0.39 is 17.3 Å². The van der Waals surface area contributed by atoms with Gasteiger partial charge in [0.1, 0.15) is 34.4 Å². The van der Waals surface area contributed by atoms with Crippen LogP contribution < -0.4 is 15.6 Å². The third-order valence-electron chi connectivity index (χ3n) is 3.52. The summed E-state index contributed by atoms with van der Waals surface area (Å²) < 4.78 is 21.2. The average molecular weight is 410 g/mol. The molecular weight excluding hydrogens is 397 g/mol. The van der Waals surface area contributed by atoms with Crippen LogP contribution in [0.2, 0.25) is 0 Å². The molecule has 0 saturated carbocycles. The van der Waals surface area contributed by atoms with E-state index in [4.69, 9.17) is 4.74 Å². The van der Waals surface area contributed by atoms with Gasteiger partial charge in [-0.15, -0.1) is 0 Å². The fraction of sp³-hybridized carbons (Fsp3) is 0.200. The number of ether oxygens (including phenoxy) is 1. The first kappa shape index (κ1) is 17.1. The van der Waals surface area contributed by atoms with Crippen LogP contribution >= 0.6 is 15.9 Å². The molecule has 0 unspecified atom stereocenters. The van der Waals surface area contributed by atoms with E-state index >= 15 is 0 Å². The van der Waals surface area contributed by atoms with E-state index in [9.17, 15) is 14.0 Å². The molecule has 0 saturated heterocycles. The number of carbonyl (C=O) groups excluding carboxylic acids is 1. The molecule has 0 aliphatic heterocycles.